The van der Waals surface area contributed by atoms with Crippen molar-refractivity contribution in [3.63, 3.8) is 0 Å². The van der Waals surface area contributed by atoms with Gasteiger partial charge in [-0.2, -0.15) is 5.26 Å². The molecule has 1 atom stereocenters. The smallest absolute Gasteiger partial charge is 0.258 e. The third-order valence-corrected chi connectivity index (χ3v) is 4.99. The number of methoxy groups -OCH3 is 2. The lowest BCUT2D eigenvalue weighted by molar-refractivity contribution is 0.377. The summed E-state index contributed by atoms with van der Waals surface area (Å²) in [4.78, 5) is 13.5. The zero-order chi connectivity index (χ0) is 21.3. The molecule has 3 rings (SSSR count). The second kappa shape index (κ2) is 7.92. The SMILES string of the molecule is COc1ccc(C2C(C#N)=C(N)Oc3cc(C)n(CC(C)C)c(=O)c32)c(OC)c1. The highest BCUT2D eigenvalue weighted by molar-refractivity contribution is 5.59. The third kappa shape index (κ3) is 3.54. The van der Waals surface area contributed by atoms with Crippen molar-refractivity contribution in [2.75, 3.05) is 14.2 Å². The Bertz CT molecular complexity index is 1080. The van der Waals surface area contributed by atoms with Crippen molar-refractivity contribution in [1.29, 1.82) is 5.26 Å². The Morgan fingerprint density at radius 1 is 1.28 bits per heavy atom. The molecule has 0 amide bonds. The summed E-state index contributed by atoms with van der Waals surface area (Å²) < 4.78 is 18.2. The number of nitrogens with zero attached hydrogens (tertiary/aromatic N) is 2. The van der Waals surface area contributed by atoms with Gasteiger partial charge in [0, 0.05) is 29.9 Å². The van der Waals surface area contributed by atoms with Crippen LogP contribution in [-0.2, 0) is 6.54 Å². The van der Waals surface area contributed by atoms with Gasteiger partial charge in [0.25, 0.3) is 5.56 Å². The van der Waals surface area contributed by atoms with Crippen molar-refractivity contribution in [2.45, 2.75) is 33.2 Å². The number of benzene rings is 1. The van der Waals surface area contributed by atoms with Crippen molar-refractivity contribution >= 4 is 0 Å². The first-order valence-electron chi connectivity index (χ1n) is 9.36. The summed E-state index contributed by atoms with van der Waals surface area (Å²) in [6.07, 6.45) is 0. The predicted molar refractivity (Wildman–Crippen MR) is 109 cm³/mol. The number of nitriles is 1. The highest BCUT2D eigenvalue weighted by Gasteiger charge is 2.36. The Balaban J connectivity index is 2.33. The molecule has 0 bridgehead atoms. The fourth-order valence-electron chi connectivity index (χ4n) is 3.65. The van der Waals surface area contributed by atoms with Crippen LogP contribution in [0, 0.1) is 24.2 Å². The van der Waals surface area contributed by atoms with Gasteiger partial charge in [0.2, 0.25) is 5.88 Å². The average molecular weight is 395 g/mol. The van der Waals surface area contributed by atoms with E-state index in [1.807, 2.05) is 20.8 Å². The summed E-state index contributed by atoms with van der Waals surface area (Å²) in [5, 5.41) is 9.80. The van der Waals surface area contributed by atoms with Crippen molar-refractivity contribution in [3.8, 4) is 23.3 Å². The van der Waals surface area contributed by atoms with Gasteiger partial charge >= 0.3 is 0 Å². The number of nitrogens with two attached hydrogens (primary N) is 1. The highest BCUT2D eigenvalue weighted by Crippen LogP contribution is 2.44. The number of rotatable bonds is 5. The van der Waals surface area contributed by atoms with E-state index in [2.05, 4.69) is 6.07 Å². The lowest BCUT2D eigenvalue weighted by atomic mass is 9.83. The molecule has 7 heteroatoms. The zero-order valence-electron chi connectivity index (χ0n) is 17.3. The van der Waals surface area contributed by atoms with Crippen LogP contribution in [0.25, 0.3) is 0 Å². The molecule has 1 aliphatic rings. The normalized spacial score (nSPS) is 15.6. The van der Waals surface area contributed by atoms with E-state index in [1.165, 1.54) is 7.11 Å². The Morgan fingerprint density at radius 3 is 2.59 bits per heavy atom. The number of ether oxygens (including phenoxy) is 3. The van der Waals surface area contributed by atoms with Gasteiger partial charge in [0.15, 0.2) is 0 Å². The minimum absolute atomic E-state index is 0.0109. The van der Waals surface area contributed by atoms with Gasteiger partial charge in [-0.1, -0.05) is 19.9 Å². The molecule has 1 unspecified atom stereocenters. The Labute approximate surface area is 169 Å². The van der Waals surface area contributed by atoms with Gasteiger partial charge < -0.3 is 24.5 Å². The maximum atomic E-state index is 13.5. The van der Waals surface area contributed by atoms with Gasteiger partial charge in [0.05, 0.1) is 25.7 Å². The molecule has 2 aromatic rings. The van der Waals surface area contributed by atoms with E-state index in [1.54, 1.807) is 35.9 Å². The van der Waals surface area contributed by atoms with Crippen LogP contribution in [0.3, 0.4) is 0 Å². The van der Waals surface area contributed by atoms with Crippen LogP contribution in [0.5, 0.6) is 17.2 Å². The molecule has 0 fully saturated rings. The van der Waals surface area contributed by atoms with Gasteiger partial charge in [-0.25, -0.2) is 0 Å². The molecular weight excluding hydrogens is 370 g/mol. The zero-order valence-corrected chi connectivity index (χ0v) is 17.3. The molecule has 2 N–H and O–H groups in total. The first-order chi connectivity index (χ1) is 13.8. The summed E-state index contributed by atoms with van der Waals surface area (Å²) in [6.45, 7) is 6.51. The summed E-state index contributed by atoms with van der Waals surface area (Å²) in [7, 11) is 3.09. The molecule has 0 saturated heterocycles. The number of aryl methyl sites for hydroxylation is 1. The first-order valence-corrected chi connectivity index (χ1v) is 9.36. The molecule has 0 saturated carbocycles. The topological polar surface area (TPSA) is 99.5 Å². The summed E-state index contributed by atoms with van der Waals surface area (Å²) >= 11 is 0. The quantitative estimate of drug-likeness (QED) is 0.835. The van der Waals surface area contributed by atoms with Crippen LogP contribution < -0.4 is 25.5 Å². The lowest BCUT2D eigenvalue weighted by Crippen LogP contribution is -2.33. The number of fused-ring (bicyclic) bond motifs is 1. The summed E-state index contributed by atoms with van der Waals surface area (Å²) in [5.41, 5.74) is 7.84. The minimum Gasteiger partial charge on any atom is -0.497 e. The molecule has 1 aromatic heterocycles. The number of hydrogen-bond donors (Lipinski definition) is 1. The van der Waals surface area contributed by atoms with Gasteiger partial charge in [-0.15, -0.1) is 0 Å². The van der Waals surface area contributed by atoms with Gasteiger partial charge in [-0.3, -0.25) is 4.79 Å². The van der Waals surface area contributed by atoms with Crippen LogP contribution in [0.1, 0.15) is 36.6 Å². The fraction of sp³-hybridized carbons (Fsp3) is 0.364. The standard InChI is InChI=1S/C22H25N3O4/c1-12(2)11-25-13(3)8-18-20(22(25)26)19(16(10-23)21(24)29-18)15-7-6-14(27-4)9-17(15)28-5/h6-9,12,19H,11,24H2,1-5H3. The molecule has 0 radical (unpaired) electrons. The summed E-state index contributed by atoms with van der Waals surface area (Å²) in [6, 6.07) is 9.18. The Morgan fingerprint density at radius 2 is 2.00 bits per heavy atom. The molecule has 0 spiro atoms. The largest absolute Gasteiger partial charge is 0.497 e. The monoisotopic (exact) mass is 395 g/mol. The van der Waals surface area contributed by atoms with E-state index in [4.69, 9.17) is 19.9 Å². The molecule has 7 nitrogen and oxygen atoms in total. The van der Waals surface area contributed by atoms with E-state index in [0.29, 0.717) is 34.9 Å². The van der Waals surface area contributed by atoms with E-state index >= 15 is 0 Å². The van der Waals surface area contributed by atoms with E-state index in [-0.39, 0.29) is 22.9 Å². The van der Waals surface area contributed by atoms with Crippen molar-refractivity contribution in [2.24, 2.45) is 11.7 Å². The second-order valence-electron chi connectivity index (χ2n) is 7.41. The first kappa shape index (κ1) is 20.3. The highest BCUT2D eigenvalue weighted by atomic mass is 16.5. The molecule has 29 heavy (non-hydrogen) atoms. The molecule has 2 heterocycles. The molecule has 1 aliphatic heterocycles. The molecule has 1 aromatic carbocycles. The van der Waals surface area contributed by atoms with Gasteiger partial charge in [0.1, 0.15) is 28.9 Å². The predicted octanol–water partition coefficient (Wildman–Crippen LogP) is 3.05. The number of aromatic nitrogens is 1. The Kier molecular flexibility index (Phi) is 5.55. The molecular formula is C22H25N3O4. The van der Waals surface area contributed by atoms with Gasteiger partial charge in [-0.05, 0) is 18.9 Å². The number of hydrogen-bond acceptors (Lipinski definition) is 6. The maximum absolute atomic E-state index is 13.5. The van der Waals surface area contributed by atoms with E-state index in [0.717, 1.165) is 5.69 Å². The van der Waals surface area contributed by atoms with Crippen LogP contribution in [0.2, 0.25) is 0 Å². The third-order valence-electron chi connectivity index (χ3n) is 4.99. The average Bonchev–Trinajstić information content (AvgIpc) is 2.69. The molecule has 0 aliphatic carbocycles. The Hall–Kier alpha value is -3.40. The number of pyridine rings is 1. The van der Waals surface area contributed by atoms with Crippen LogP contribution in [0.4, 0.5) is 0 Å². The van der Waals surface area contributed by atoms with E-state index in [9.17, 15) is 10.1 Å². The van der Waals surface area contributed by atoms with E-state index < -0.39 is 5.92 Å². The van der Waals surface area contributed by atoms with Crippen molar-refractivity contribution in [1.82, 2.24) is 4.57 Å². The van der Waals surface area contributed by atoms with Crippen molar-refractivity contribution < 1.29 is 14.2 Å². The number of allylic oxidation sites excluding steroid dienone is 1. The maximum Gasteiger partial charge on any atom is 0.258 e. The van der Waals surface area contributed by atoms with Crippen LogP contribution in [-0.4, -0.2) is 18.8 Å². The molecule has 152 valence electrons. The van der Waals surface area contributed by atoms with Crippen LogP contribution >= 0.6 is 0 Å². The lowest BCUT2D eigenvalue weighted by Gasteiger charge is -2.28. The summed E-state index contributed by atoms with van der Waals surface area (Å²) in [5.74, 6) is 1.04. The van der Waals surface area contributed by atoms with Crippen LogP contribution in [0.15, 0.2) is 40.5 Å². The van der Waals surface area contributed by atoms with Crippen molar-refractivity contribution in [3.05, 3.63) is 62.9 Å². The second-order valence-corrected chi connectivity index (χ2v) is 7.41. The minimum atomic E-state index is -0.698. The fourth-order valence-corrected chi connectivity index (χ4v) is 3.65.